The highest BCUT2D eigenvalue weighted by atomic mass is 16.4. The Kier molecular flexibility index (Phi) is 3.43. The molecule has 52 valence electrons. The van der Waals surface area contributed by atoms with Crippen LogP contribution in [0.1, 0.15) is 13.3 Å². The van der Waals surface area contributed by atoms with E-state index in [1.54, 1.807) is 6.92 Å². The Morgan fingerprint density at radius 2 is 2.44 bits per heavy atom. The highest BCUT2D eigenvalue weighted by Crippen LogP contribution is 1.86. The lowest BCUT2D eigenvalue weighted by atomic mass is 10.2. The molecule has 0 aromatic heterocycles. The molecule has 2 N–H and O–H groups in total. The van der Waals surface area contributed by atoms with Gasteiger partial charge in [-0.05, 0) is 6.92 Å². The highest BCUT2D eigenvalue weighted by molar-refractivity contribution is 5.68. The third-order valence-corrected chi connectivity index (χ3v) is 0.833. The van der Waals surface area contributed by atoms with Crippen LogP contribution in [0, 0.1) is 0 Å². The molecular formula is C5H9NO3. The van der Waals surface area contributed by atoms with Crippen LogP contribution in [0.3, 0.4) is 0 Å². The van der Waals surface area contributed by atoms with E-state index in [1.807, 2.05) is 0 Å². The second-order valence-electron chi connectivity index (χ2n) is 1.78. The van der Waals surface area contributed by atoms with Crippen molar-refractivity contribution >= 4 is 12.4 Å². The summed E-state index contributed by atoms with van der Waals surface area (Å²) in [5.74, 6) is -0.906. The van der Waals surface area contributed by atoms with Crippen molar-refractivity contribution in [3.05, 3.63) is 0 Å². The van der Waals surface area contributed by atoms with E-state index < -0.39 is 5.97 Å². The number of carbonyl (C=O) groups excluding carboxylic acids is 1. The molecule has 0 unspecified atom stereocenters. The Labute approximate surface area is 52.9 Å². The lowest BCUT2D eigenvalue weighted by Gasteiger charge is -2.04. The van der Waals surface area contributed by atoms with E-state index in [0.29, 0.717) is 6.41 Å². The van der Waals surface area contributed by atoms with Crippen molar-refractivity contribution in [2.75, 3.05) is 0 Å². The van der Waals surface area contributed by atoms with Gasteiger partial charge in [0, 0.05) is 6.04 Å². The lowest BCUT2D eigenvalue weighted by Crippen LogP contribution is -2.26. The van der Waals surface area contributed by atoms with Crippen molar-refractivity contribution in [3.63, 3.8) is 0 Å². The minimum absolute atomic E-state index is 0.0290. The normalized spacial score (nSPS) is 12.1. The van der Waals surface area contributed by atoms with E-state index in [4.69, 9.17) is 5.11 Å². The molecule has 0 aromatic carbocycles. The van der Waals surface area contributed by atoms with Crippen LogP contribution >= 0.6 is 0 Å². The number of carbonyl (C=O) groups is 2. The first kappa shape index (κ1) is 7.94. The average Bonchev–Trinajstić information content (AvgIpc) is 1.63. The van der Waals surface area contributed by atoms with Crippen LogP contribution in [-0.4, -0.2) is 23.5 Å². The van der Waals surface area contributed by atoms with Gasteiger partial charge in [0.1, 0.15) is 0 Å². The molecule has 0 aliphatic heterocycles. The van der Waals surface area contributed by atoms with Crippen LogP contribution in [0.4, 0.5) is 0 Å². The predicted octanol–water partition coefficient (Wildman–Crippen LogP) is -0.404. The molecule has 1 amide bonds. The fourth-order valence-corrected chi connectivity index (χ4v) is 0.437. The summed E-state index contributed by atoms with van der Waals surface area (Å²) in [4.78, 5) is 19.6. The second kappa shape index (κ2) is 3.88. The maximum atomic E-state index is 9.93. The maximum absolute atomic E-state index is 9.93. The SMILES string of the molecule is C[C@H](CC(=O)O)NC=O. The van der Waals surface area contributed by atoms with Crippen LogP contribution in [0.2, 0.25) is 0 Å². The molecule has 4 heteroatoms. The third-order valence-electron chi connectivity index (χ3n) is 0.833. The van der Waals surface area contributed by atoms with Gasteiger partial charge in [0.2, 0.25) is 6.41 Å². The summed E-state index contributed by atoms with van der Waals surface area (Å²) < 4.78 is 0. The minimum Gasteiger partial charge on any atom is -0.481 e. The topological polar surface area (TPSA) is 66.4 Å². The number of carboxylic acids is 1. The number of amides is 1. The van der Waals surface area contributed by atoms with Gasteiger partial charge in [0.15, 0.2) is 0 Å². The molecule has 0 bridgehead atoms. The average molecular weight is 131 g/mol. The molecule has 9 heavy (non-hydrogen) atoms. The van der Waals surface area contributed by atoms with Crippen molar-refractivity contribution in [2.45, 2.75) is 19.4 Å². The number of carboxylic acid groups (broad SMARTS) is 1. The number of hydrogen-bond acceptors (Lipinski definition) is 2. The summed E-state index contributed by atoms with van der Waals surface area (Å²) in [7, 11) is 0. The van der Waals surface area contributed by atoms with Crippen molar-refractivity contribution in [1.82, 2.24) is 5.32 Å². The molecule has 0 heterocycles. The summed E-state index contributed by atoms with van der Waals surface area (Å²) in [6.07, 6.45) is 0.465. The fourth-order valence-electron chi connectivity index (χ4n) is 0.437. The molecule has 1 atom stereocenters. The van der Waals surface area contributed by atoms with E-state index in [9.17, 15) is 9.59 Å². The molecule has 0 radical (unpaired) electrons. The maximum Gasteiger partial charge on any atom is 0.305 e. The Bertz CT molecular complexity index is 113. The van der Waals surface area contributed by atoms with Gasteiger partial charge in [-0.15, -0.1) is 0 Å². The van der Waals surface area contributed by atoms with Gasteiger partial charge in [0.25, 0.3) is 0 Å². The van der Waals surface area contributed by atoms with Crippen LogP contribution in [-0.2, 0) is 9.59 Å². The minimum atomic E-state index is -0.906. The number of aliphatic carboxylic acids is 1. The quantitative estimate of drug-likeness (QED) is 0.510. The van der Waals surface area contributed by atoms with E-state index >= 15 is 0 Å². The van der Waals surface area contributed by atoms with E-state index in [2.05, 4.69) is 5.32 Å². The molecule has 0 aromatic rings. The highest BCUT2D eigenvalue weighted by Gasteiger charge is 2.03. The molecule has 0 aliphatic carbocycles. The number of hydrogen-bond donors (Lipinski definition) is 2. The van der Waals surface area contributed by atoms with Gasteiger partial charge < -0.3 is 10.4 Å². The Morgan fingerprint density at radius 3 is 2.78 bits per heavy atom. The van der Waals surface area contributed by atoms with Gasteiger partial charge >= 0.3 is 5.97 Å². The summed E-state index contributed by atoms with van der Waals surface area (Å²) in [6, 6.07) is -0.278. The van der Waals surface area contributed by atoms with Gasteiger partial charge in [-0.25, -0.2) is 0 Å². The fraction of sp³-hybridized carbons (Fsp3) is 0.600. The van der Waals surface area contributed by atoms with Gasteiger partial charge in [-0.1, -0.05) is 0 Å². The zero-order valence-corrected chi connectivity index (χ0v) is 5.13. The number of rotatable bonds is 4. The molecule has 0 rings (SSSR count). The van der Waals surface area contributed by atoms with Crippen LogP contribution in [0.5, 0.6) is 0 Å². The van der Waals surface area contributed by atoms with Crippen LogP contribution in [0.25, 0.3) is 0 Å². The summed E-state index contributed by atoms with van der Waals surface area (Å²) in [5.41, 5.74) is 0. The monoisotopic (exact) mass is 131 g/mol. The number of nitrogens with one attached hydrogen (secondary N) is 1. The molecule has 0 aliphatic rings. The van der Waals surface area contributed by atoms with Crippen molar-refractivity contribution in [2.24, 2.45) is 0 Å². The van der Waals surface area contributed by atoms with Crippen molar-refractivity contribution in [1.29, 1.82) is 0 Å². The Hall–Kier alpha value is -1.06. The Morgan fingerprint density at radius 1 is 1.89 bits per heavy atom. The predicted molar refractivity (Wildman–Crippen MR) is 30.9 cm³/mol. The molecule has 0 spiro atoms. The second-order valence-corrected chi connectivity index (χ2v) is 1.78. The standard InChI is InChI=1S/C5H9NO3/c1-4(6-3-7)2-5(8)9/h3-4H,2H2,1H3,(H,6,7)(H,8,9)/t4-/m1/s1. The van der Waals surface area contributed by atoms with Crippen molar-refractivity contribution < 1.29 is 14.7 Å². The zero-order valence-electron chi connectivity index (χ0n) is 5.13. The zero-order chi connectivity index (χ0) is 7.28. The van der Waals surface area contributed by atoms with Gasteiger partial charge in [-0.2, -0.15) is 0 Å². The molecule has 4 nitrogen and oxygen atoms in total. The molecule has 0 saturated carbocycles. The molecule has 0 fully saturated rings. The van der Waals surface area contributed by atoms with Crippen molar-refractivity contribution in [3.8, 4) is 0 Å². The van der Waals surface area contributed by atoms with Crippen LogP contribution < -0.4 is 5.32 Å². The van der Waals surface area contributed by atoms with Crippen LogP contribution in [0.15, 0.2) is 0 Å². The molecule has 0 saturated heterocycles. The first-order valence-corrected chi connectivity index (χ1v) is 2.58. The first-order valence-electron chi connectivity index (χ1n) is 2.58. The van der Waals surface area contributed by atoms with E-state index in [0.717, 1.165) is 0 Å². The Balaban J connectivity index is 3.37. The van der Waals surface area contributed by atoms with Gasteiger partial charge in [0.05, 0.1) is 6.42 Å². The summed E-state index contributed by atoms with van der Waals surface area (Å²) in [6.45, 7) is 1.63. The largest absolute Gasteiger partial charge is 0.481 e. The summed E-state index contributed by atoms with van der Waals surface area (Å²) >= 11 is 0. The third kappa shape index (κ3) is 4.80. The molecular weight excluding hydrogens is 122 g/mol. The van der Waals surface area contributed by atoms with E-state index in [1.165, 1.54) is 0 Å². The van der Waals surface area contributed by atoms with Gasteiger partial charge in [-0.3, -0.25) is 9.59 Å². The lowest BCUT2D eigenvalue weighted by molar-refractivity contribution is -0.137. The smallest absolute Gasteiger partial charge is 0.305 e. The first-order chi connectivity index (χ1) is 4.16. The van der Waals surface area contributed by atoms with E-state index in [-0.39, 0.29) is 12.5 Å². The summed E-state index contributed by atoms with van der Waals surface area (Å²) in [5, 5.41) is 10.5.